The van der Waals surface area contributed by atoms with Gasteiger partial charge in [0.1, 0.15) is 18.4 Å². The molecular weight excluding hydrogens is 612 g/mol. The molecule has 260 valence electrons. The van der Waals surface area contributed by atoms with Gasteiger partial charge in [-0.15, -0.1) is 0 Å². The topological polar surface area (TPSA) is 140 Å². The van der Waals surface area contributed by atoms with Gasteiger partial charge >= 0.3 is 0 Å². The van der Waals surface area contributed by atoms with Crippen LogP contribution in [0, 0.1) is 0 Å². The number of hydrogen-bond donors (Lipinski definition) is 3. The second kappa shape index (κ2) is 18.8. The van der Waals surface area contributed by atoms with Gasteiger partial charge in [-0.25, -0.2) is 0 Å². The first-order valence-corrected chi connectivity index (χ1v) is 17.1. The summed E-state index contributed by atoms with van der Waals surface area (Å²) in [5.41, 5.74) is 1.17. The predicted octanol–water partition coefficient (Wildman–Crippen LogP) is 1.98. The fourth-order valence-corrected chi connectivity index (χ4v) is 6.00. The van der Waals surface area contributed by atoms with E-state index in [1.54, 1.807) is 31.2 Å². The molecule has 0 aliphatic carbocycles. The molecule has 0 radical (unpaired) electrons. The van der Waals surface area contributed by atoms with Gasteiger partial charge in [-0.3, -0.25) is 24.0 Å². The quantitative estimate of drug-likeness (QED) is 0.368. The van der Waals surface area contributed by atoms with Crippen molar-refractivity contribution in [2.75, 3.05) is 59.5 Å². The van der Waals surface area contributed by atoms with Crippen LogP contribution in [0.5, 0.6) is 5.75 Å². The molecule has 2 aromatic carbocycles. The zero-order valence-electron chi connectivity index (χ0n) is 28.2. The molecule has 48 heavy (non-hydrogen) atoms. The third kappa shape index (κ3) is 11.4. The van der Waals surface area contributed by atoms with Crippen LogP contribution < -0.4 is 20.7 Å². The zero-order chi connectivity index (χ0) is 34.3. The molecule has 2 atom stereocenters. The van der Waals surface area contributed by atoms with Crippen molar-refractivity contribution in [1.29, 1.82) is 0 Å². The van der Waals surface area contributed by atoms with Crippen molar-refractivity contribution in [3.05, 3.63) is 65.7 Å². The number of carbonyl (C=O) groups excluding carboxylic acids is 5. The van der Waals surface area contributed by atoms with Gasteiger partial charge in [0, 0.05) is 20.1 Å². The van der Waals surface area contributed by atoms with Crippen LogP contribution in [0.3, 0.4) is 0 Å². The molecule has 12 heteroatoms. The number of hydrogen-bond acceptors (Lipinski definition) is 7. The minimum Gasteiger partial charge on any atom is -0.491 e. The number of nitrogens with one attached hydrogen (secondary N) is 3. The largest absolute Gasteiger partial charge is 0.491 e. The van der Waals surface area contributed by atoms with Crippen molar-refractivity contribution >= 4 is 29.5 Å². The lowest BCUT2D eigenvalue weighted by molar-refractivity contribution is -0.142. The number of likely N-dealkylation sites (N-methyl/N-ethyl adjacent to an activating group) is 2. The summed E-state index contributed by atoms with van der Waals surface area (Å²) in [4.78, 5) is 71.9. The fourth-order valence-electron chi connectivity index (χ4n) is 6.00. The van der Waals surface area contributed by atoms with Crippen molar-refractivity contribution in [3.8, 4) is 5.75 Å². The highest BCUT2D eigenvalue weighted by Gasteiger charge is 2.29. The van der Waals surface area contributed by atoms with Gasteiger partial charge in [0.05, 0.1) is 31.1 Å². The molecule has 2 aliphatic rings. The number of ether oxygens (including phenoxy) is 1. The fraction of sp³-hybridized carbons (Fsp3) is 0.528. The van der Waals surface area contributed by atoms with Crippen LogP contribution >= 0.6 is 0 Å². The maximum Gasteiger partial charge on any atom is 0.255 e. The lowest BCUT2D eigenvalue weighted by Crippen LogP contribution is -2.51. The first kappa shape index (κ1) is 36.4. The second-order valence-electron chi connectivity index (χ2n) is 12.5. The smallest absolute Gasteiger partial charge is 0.255 e. The minimum atomic E-state index is -1.18. The van der Waals surface area contributed by atoms with E-state index >= 15 is 0 Å². The molecule has 2 aliphatic heterocycles. The molecule has 0 bridgehead atoms. The Bertz CT molecular complexity index is 1380. The molecule has 2 heterocycles. The van der Waals surface area contributed by atoms with Crippen LogP contribution in [0.4, 0.5) is 0 Å². The average Bonchev–Trinajstić information content (AvgIpc) is 3.36. The lowest BCUT2D eigenvalue weighted by Gasteiger charge is -2.26. The predicted molar refractivity (Wildman–Crippen MR) is 182 cm³/mol. The summed E-state index contributed by atoms with van der Waals surface area (Å²) in [6, 6.07) is 14.6. The number of rotatable bonds is 8. The molecule has 3 N–H and O–H groups in total. The summed E-state index contributed by atoms with van der Waals surface area (Å²) in [6.07, 6.45) is 5.72. The van der Waals surface area contributed by atoms with Gasteiger partial charge in [0.2, 0.25) is 23.6 Å². The number of para-hydroxylation sites is 1. The molecule has 0 unspecified atom stereocenters. The molecule has 12 nitrogen and oxygen atoms in total. The van der Waals surface area contributed by atoms with E-state index in [2.05, 4.69) is 20.9 Å². The summed E-state index contributed by atoms with van der Waals surface area (Å²) in [6.45, 7) is 4.89. The van der Waals surface area contributed by atoms with E-state index in [4.69, 9.17) is 4.74 Å². The Balaban J connectivity index is 1.54. The zero-order valence-corrected chi connectivity index (χ0v) is 28.2. The Labute approximate surface area is 283 Å². The molecule has 1 saturated heterocycles. The maximum absolute atomic E-state index is 13.7. The van der Waals surface area contributed by atoms with Crippen LogP contribution in [0.2, 0.25) is 0 Å². The highest BCUT2D eigenvalue weighted by atomic mass is 16.5. The van der Waals surface area contributed by atoms with Crippen molar-refractivity contribution < 1.29 is 28.7 Å². The van der Waals surface area contributed by atoms with Gasteiger partial charge in [-0.05, 0) is 69.9 Å². The third-order valence-corrected chi connectivity index (χ3v) is 8.78. The molecule has 1 fully saturated rings. The van der Waals surface area contributed by atoms with Crippen molar-refractivity contribution in [2.24, 2.45) is 0 Å². The van der Waals surface area contributed by atoms with E-state index in [0.717, 1.165) is 31.6 Å². The van der Waals surface area contributed by atoms with E-state index < -0.39 is 35.7 Å². The Hall–Kier alpha value is -4.45. The van der Waals surface area contributed by atoms with Gasteiger partial charge in [-0.2, -0.15) is 0 Å². The highest BCUT2D eigenvalue weighted by Crippen LogP contribution is 2.19. The van der Waals surface area contributed by atoms with E-state index in [9.17, 15) is 24.0 Å². The average molecular weight is 663 g/mol. The lowest BCUT2D eigenvalue weighted by atomic mass is 10.1. The first-order valence-electron chi connectivity index (χ1n) is 17.1. The Kier molecular flexibility index (Phi) is 14.2. The Morgan fingerprint density at radius 1 is 0.896 bits per heavy atom. The normalized spacial score (nSPS) is 20.9. The highest BCUT2D eigenvalue weighted by molar-refractivity contribution is 6.01. The van der Waals surface area contributed by atoms with Crippen molar-refractivity contribution in [1.82, 2.24) is 30.7 Å². The van der Waals surface area contributed by atoms with Gasteiger partial charge in [-0.1, -0.05) is 55.3 Å². The summed E-state index contributed by atoms with van der Waals surface area (Å²) < 4.78 is 6.13. The second-order valence-corrected chi connectivity index (χ2v) is 12.5. The number of likely N-dealkylation sites (tertiary alicyclic amines) is 1. The van der Waals surface area contributed by atoms with E-state index in [-0.39, 0.29) is 49.9 Å². The number of benzene rings is 2. The van der Waals surface area contributed by atoms with Gasteiger partial charge in [0.15, 0.2) is 0 Å². The summed E-state index contributed by atoms with van der Waals surface area (Å²) in [7, 11) is 1.51. The number of amides is 5. The molecule has 0 spiro atoms. The van der Waals surface area contributed by atoms with Crippen LogP contribution in [-0.4, -0.2) is 116 Å². The van der Waals surface area contributed by atoms with Crippen LogP contribution in [-0.2, 0) is 25.6 Å². The maximum atomic E-state index is 13.7. The summed E-state index contributed by atoms with van der Waals surface area (Å²) in [5.74, 6) is -2.04. The molecule has 0 saturated carbocycles. The number of fused-ring (bicyclic) bond motifs is 1. The monoisotopic (exact) mass is 662 g/mol. The van der Waals surface area contributed by atoms with E-state index in [1.165, 1.54) is 42.5 Å². The van der Waals surface area contributed by atoms with E-state index in [1.807, 2.05) is 30.3 Å². The Morgan fingerprint density at radius 3 is 2.33 bits per heavy atom. The summed E-state index contributed by atoms with van der Waals surface area (Å²) >= 11 is 0. The van der Waals surface area contributed by atoms with E-state index in [0.29, 0.717) is 13.0 Å². The number of nitrogens with zero attached hydrogens (tertiary/aromatic N) is 3. The molecule has 0 aromatic heterocycles. The minimum absolute atomic E-state index is 0.0472. The molecule has 4 rings (SSSR count). The standard InChI is InChI=1S/C36H50N6O6/c1-3-42-25-34(45)40(2)24-32(43)38-28(22-27-14-7-6-8-15-27)26-48-31-17-10-9-16-29(31)35(46)39-30(23-33(42)44)36(47)37-18-13-21-41-19-11-4-5-12-20-41/h6-10,14-17,28,30H,3-5,11-13,18-26H2,1-2H3,(H,37,47)(H,38,43)(H,39,46)/t28-,30+/m1/s1. The third-order valence-electron chi connectivity index (χ3n) is 8.78. The summed E-state index contributed by atoms with van der Waals surface area (Å²) in [5, 5.41) is 8.64. The van der Waals surface area contributed by atoms with Gasteiger partial charge < -0.3 is 35.4 Å². The molecule has 5 amide bonds. The van der Waals surface area contributed by atoms with Crippen molar-refractivity contribution in [2.45, 2.75) is 64.0 Å². The van der Waals surface area contributed by atoms with Crippen molar-refractivity contribution in [3.63, 3.8) is 0 Å². The van der Waals surface area contributed by atoms with Crippen LogP contribution in [0.25, 0.3) is 0 Å². The van der Waals surface area contributed by atoms with Crippen LogP contribution in [0.15, 0.2) is 54.6 Å². The number of carbonyl (C=O) groups is 5. The Morgan fingerprint density at radius 2 is 1.60 bits per heavy atom. The molecule has 2 aromatic rings. The van der Waals surface area contributed by atoms with Crippen LogP contribution in [0.1, 0.15) is 61.4 Å². The first-order chi connectivity index (χ1) is 23.2. The molecular formula is C36H50N6O6. The van der Waals surface area contributed by atoms with Gasteiger partial charge in [0.25, 0.3) is 5.91 Å². The SMILES string of the molecule is CCN1CC(=O)N(C)CC(=O)N[C@H](Cc2ccccc2)COc2ccccc2C(=O)N[C@H](C(=O)NCCCN2CCCCCC2)CC1=O.